The molecule has 1 aliphatic rings. The summed E-state index contributed by atoms with van der Waals surface area (Å²) in [5.41, 5.74) is -0.182. The van der Waals surface area contributed by atoms with Crippen LogP contribution in [0.2, 0.25) is 0 Å². The lowest BCUT2D eigenvalue weighted by Crippen LogP contribution is -2.46. The fraction of sp³-hybridized carbons (Fsp3) is 0.500. The first kappa shape index (κ1) is 16.9. The van der Waals surface area contributed by atoms with Gasteiger partial charge in [0.1, 0.15) is 5.82 Å². The van der Waals surface area contributed by atoms with Gasteiger partial charge in [0.2, 0.25) is 10.0 Å². The summed E-state index contributed by atoms with van der Waals surface area (Å²) in [5, 5.41) is 3.22. The van der Waals surface area contributed by atoms with Crippen molar-refractivity contribution in [1.82, 2.24) is 10.0 Å². The van der Waals surface area contributed by atoms with Crippen molar-refractivity contribution in [3.8, 4) is 0 Å². The zero-order valence-corrected chi connectivity index (χ0v) is 13.2. The standard InChI is InChI=1S/C14H19FN2O4S/c1-9-7-11(5-6-16-9)17-22(19,20)13-8-10(15)3-4-12(13)14(18)21-2/h3-4,8-9,11,16-17H,5-7H2,1-2H3. The summed E-state index contributed by atoms with van der Waals surface area (Å²) in [4.78, 5) is 11.3. The van der Waals surface area contributed by atoms with E-state index in [0.29, 0.717) is 19.4 Å². The number of piperidine rings is 1. The molecule has 6 nitrogen and oxygen atoms in total. The number of nitrogens with one attached hydrogen (secondary N) is 2. The lowest BCUT2D eigenvalue weighted by atomic mass is 10.0. The number of halogens is 1. The molecule has 2 rings (SSSR count). The van der Waals surface area contributed by atoms with Gasteiger partial charge in [0.15, 0.2) is 0 Å². The van der Waals surface area contributed by atoms with Crippen LogP contribution in [-0.4, -0.2) is 40.1 Å². The van der Waals surface area contributed by atoms with Gasteiger partial charge in [0, 0.05) is 12.1 Å². The van der Waals surface area contributed by atoms with E-state index < -0.39 is 26.7 Å². The molecule has 0 aromatic heterocycles. The molecule has 22 heavy (non-hydrogen) atoms. The van der Waals surface area contributed by atoms with Gasteiger partial charge in [0.25, 0.3) is 0 Å². The minimum Gasteiger partial charge on any atom is -0.465 e. The third-order valence-corrected chi connectivity index (χ3v) is 5.14. The van der Waals surface area contributed by atoms with Crippen LogP contribution in [0, 0.1) is 5.82 Å². The number of benzene rings is 1. The smallest absolute Gasteiger partial charge is 0.339 e. The first-order valence-electron chi connectivity index (χ1n) is 6.97. The van der Waals surface area contributed by atoms with Crippen molar-refractivity contribution >= 4 is 16.0 Å². The quantitative estimate of drug-likeness (QED) is 0.806. The Hall–Kier alpha value is -1.51. The fourth-order valence-electron chi connectivity index (χ4n) is 2.52. The van der Waals surface area contributed by atoms with Gasteiger partial charge in [0.05, 0.1) is 17.6 Å². The van der Waals surface area contributed by atoms with Gasteiger partial charge in [-0.05, 0) is 44.5 Å². The second-order valence-electron chi connectivity index (χ2n) is 5.33. The molecule has 0 saturated carbocycles. The highest BCUT2D eigenvalue weighted by Crippen LogP contribution is 2.20. The van der Waals surface area contributed by atoms with Crippen LogP contribution in [0.1, 0.15) is 30.1 Å². The number of rotatable bonds is 4. The topological polar surface area (TPSA) is 84.5 Å². The molecule has 1 heterocycles. The summed E-state index contributed by atoms with van der Waals surface area (Å²) in [7, 11) is -2.87. The van der Waals surface area contributed by atoms with E-state index in [9.17, 15) is 17.6 Å². The minimum absolute atomic E-state index is 0.182. The molecule has 0 aliphatic carbocycles. The zero-order chi connectivity index (χ0) is 16.3. The maximum Gasteiger partial charge on any atom is 0.339 e. The molecule has 0 spiro atoms. The number of esters is 1. The average molecular weight is 330 g/mol. The first-order chi connectivity index (χ1) is 10.3. The highest BCUT2D eigenvalue weighted by atomic mass is 32.2. The number of hydrogen-bond donors (Lipinski definition) is 2. The van der Waals surface area contributed by atoms with Crippen LogP contribution >= 0.6 is 0 Å². The van der Waals surface area contributed by atoms with Crippen molar-refractivity contribution in [3.63, 3.8) is 0 Å². The molecule has 1 aliphatic heterocycles. The Kier molecular flexibility index (Phi) is 5.15. The Bertz CT molecular complexity index is 663. The molecule has 1 fully saturated rings. The summed E-state index contributed by atoms with van der Waals surface area (Å²) in [6.45, 7) is 2.66. The van der Waals surface area contributed by atoms with Crippen LogP contribution in [0.4, 0.5) is 4.39 Å². The molecule has 1 aromatic carbocycles. The van der Waals surface area contributed by atoms with E-state index in [0.717, 1.165) is 25.3 Å². The Labute approximate surface area is 129 Å². The molecule has 2 atom stereocenters. The van der Waals surface area contributed by atoms with Gasteiger partial charge in [-0.1, -0.05) is 0 Å². The van der Waals surface area contributed by atoms with Crippen molar-refractivity contribution in [2.24, 2.45) is 0 Å². The van der Waals surface area contributed by atoms with Crippen LogP contribution in [0.15, 0.2) is 23.1 Å². The van der Waals surface area contributed by atoms with Gasteiger partial charge < -0.3 is 10.1 Å². The van der Waals surface area contributed by atoms with Gasteiger partial charge in [-0.3, -0.25) is 0 Å². The molecular formula is C14H19FN2O4S. The van der Waals surface area contributed by atoms with Crippen LogP contribution in [0.5, 0.6) is 0 Å². The Morgan fingerprint density at radius 1 is 1.45 bits per heavy atom. The van der Waals surface area contributed by atoms with Crippen LogP contribution in [0.3, 0.4) is 0 Å². The Morgan fingerprint density at radius 2 is 2.18 bits per heavy atom. The number of ether oxygens (including phenoxy) is 1. The third kappa shape index (κ3) is 3.82. The maximum absolute atomic E-state index is 13.4. The van der Waals surface area contributed by atoms with E-state index in [2.05, 4.69) is 14.8 Å². The summed E-state index contributed by atoms with van der Waals surface area (Å²) >= 11 is 0. The molecule has 8 heteroatoms. The maximum atomic E-state index is 13.4. The third-order valence-electron chi connectivity index (χ3n) is 3.58. The number of carbonyl (C=O) groups excluding carboxylic acids is 1. The lowest BCUT2D eigenvalue weighted by molar-refractivity contribution is 0.0596. The average Bonchev–Trinajstić information content (AvgIpc) is 2.46. The van der Waals surface area contributed by atoms with E-state index in [1.54, 1.807) is 0 Å². The normalized spacial score (nSPS) is 22.3. The molecule has 0 radical (unpaired) electrons. The van der Waals surface area contributed by atoms with E-state index >= 15 is 0 Å². The van der Waals surface area contributed by atoms with Crippen molar-refractivity contribution in [3.05, 3.63) is 29.6 Å². The van der Waals surface area contributed by atoms with E-state index in [-0.39, 0.29) is 17.6 Å². The van der Waals surface area contributed by atoms with E-state index in [1.807, 2.05) is 6.92 Å². The predicted octanol–water partition coefficient (Wildman–Crippen LogP) is 1.03. The second kappa shape index (κ2) is 6.72. The Balaban J connectivity index is 2.32. The number of methoxy groups -OCH3 is 1. The van der Waals surface area contributed by atoms with Crippen LogP contribution in [-0.2, 0) is 14.8 Å². The molecular weight excluding hydrogens is 311 g/mol. The highest BCUT2D eigenvalue weighted by molar-refractivity contribution is 7.89. The SMILES string of the molecule is COC(=O)c1ccc(F)cc1S(=O)(=O)NC1CCNC(C)C1. The van der Waals surface area contributed by atoms with Crippen LogP contribution in [0.25, 0.3) is 0 Å². The molecule has 0 bridgehead atoms. The van der Waals surface area contributed by atoms with Crippen molar-refractivity contribution in [2.45, 2.75) is 36.7 Å². The number of sulfonamides is 1. The lowest BCUT2D eigenvalue weighted by Gasteiger charge is -2.28. The molecule has 1 saturated heterocycles. The largest absolute Gasteiger partial charge is 0.465 e. The van der Waals surface area contributed by atoms with Crippen molar-refractivity contribution in [1.29, 1.82) is 0 Å². The summed E-state index contributed by atoms with van der Waals surface area (Å²) in [6, 6.07) is 2.90. The van der Waals surface area contributed by atoms with E-state index in [1.165, 1.54) is 0 Å². The van der Waals surface area contributed by atoms with Gasteiger partial charge in [-0.25, -0.2) is 22.3 Å². The Morgan fingerprint density at radius 3 is 2.82 bits per heavy atom. The highest BCUT2D eigenvalue weighted by Gasteiger charge is 2.28. The molecule has 2 N–H and O–H groups in total. The predicted molar refractivity (Wildman–Crippen MR) is 78.5 cm³/mol. The fourth-order valence-corrected chi connectivity index (χ4v) is 4.01. The van der Waals surface area contributed by atoms with Gasteiger partial charge in [-0.2, -0.15) is 0 Å². The van der Waals surface area contributed by atoms with Gasteiger partial charge in [-0.15, -0.1) is 0 Å². The number of hydrogen-bond acceptors (Lipinski definition) is 5. The monoisotopic (exact) mass is 330 g/mol. The van der Waals surface area contributed by atoms with Crippen molar-refractivity contribution in [2.75, 3.05) is 13.7 Å². The molecule has 122 valence electrons. The summed E-state index contributed by atoms with van der Waals surface area (Å²) < 4.78 is 45.5. The van der Waals surface area contributed by atoms with Crippen LogP contribution < -0.4 is 10.0 Å². The molecule has 1 aromatic rings. The van der Waals surface area contributed by atoms with E-state index in [4.69, 9.17) is 0 Å². The zero-order valence-electron chi connectivity index (χ0n) is 12.4. The molecule has 0 amide bonds. The summed E-state index contributed by atoms with van der Waals surface area (Å²) in [5.74, 6) is -1.55. The summed E-state index contributed by atoms with van der Waals surface area (Å²) in [6.07, 6.45) is 1.26. The molecule has 2 unspecified atom stereocenters. The number of carbonyl (C=O) groups is 1. The first-order valence-corrected chi connectivity index (χ1v) is 8.45. The second-order valence-corrected chi connectivity index (χ2v) is 7.01. The minimum atomic E-state index is -4.01. The van der Waals surface area contributed by atoms with Crippen molar-refractivity contribution < 1.29 is 22.3 Å². The van der Waals surface area contributed by atoms with Gasteiger partial charge >= 0.3 is 5.97 Å².